The molecule has 7 heteroatoms. The summed E-state index contributed by atoms with van der Waals surface area (Å²) in [6, 6.07) is 6.64. The van der Waals surface area contributed by atoms with Gasteiger partial charge in [0.1, 0.15) is 5.75 Å². The molecule has 2 N–H and O–H groups in total. The Morgan fingerprint density at radius 3 is 2.72 bits per heavy atom. The lowest BCUT2D eigenvalue weighted by Crippen LogP contribution is -2.44. The van der Waals surface area contributed by atoms with E-state index >= 15 is 0 Å². The molecule has 2 amide bonds. The molecule has 1 aromatic carbocycles. The highest BCUT2D eigenvalue weighted by molar-refractivity contribution is 5.93. The fraction of sp³-hybridized carbons (Fsp3) is 0.500. The van der Waals surface area contributed by atoms with Crippen LogP contribution in [0.15, 0.2) is 24.3 Å². The van der Waals surface area contributed by atoms with Gasteiger partial charge in [-0.2, -0.15) is 0 Å². The van der Waals surface area contributed by atoms with E-state index in [1.807, 2.05) is 4.90 Å². The number of hydrogen-bond acceptors (Lipinski definition) is 4. The first-order chi connectivity index (χ1) is 12.0. The van der Waals surface area contributed by atoms with E-state index in [0.717, 1.165) is 32.2 Å². The Morgan fingerprint density at radius 1 is 1.20 bits per heavy atom. The van der Waals surface area contributed by atoms with Crippen molar-refractivity contribution < 1.29 is 24.2 Å². The van der Waals surface area contributed by atoms with Crippen molar-refractivity contribution in [2.24, 2.45) is 11.8 Å². The summed E-state index contributed by atoms with van der Waals surface area (Å²) < 4.78 is 5.11. The summed E-state index contributed by atoms with van der Waals surface area (Å²) in [4.78, 5) is 37.1. The number of aliphatic carboxylic acids is 1. The molecule has 1 unspecified atom stereocenters. The Bertz CT molecular complexity index is 671. The molecule has 134 valence electrons. The quantitative estimate of drug-likeness (QED) is 0.818. The van der Waals surface area contributed by atoms with Crippen LogP contribution in [0.2, 0.25) is 0 Å². The largest absolute Gasteiger partial charge is 0.482 e. The monoisotopic (exact) mass is 346 g/mol. The molecule has 2 fully saturated rings. The van der Waals surface area contributed by atoms with Gasteiger partial charge in [0.25, 0.3) is 0 Å². The van der Waals surface area contributed by atoms with Crippen LogP contribution in [0.5, 0.6) is 5.75 Å². The zero-order chi connectivity index (χ0) is 17.8. The first-order valence-electron chi connectivity index (χ1n) is 8.57. The Morgan fingerprint density at radius 2 is 2.00 bits per heavy atom. The van der Waals surface area contributed by atoms with Gasteiger partial charge in [-0.3, -0.25) is 9.59 Å². The summed E-state index contributed by atoms with van der Waals surface area (Å²) in [5.74, 6) is -0.665. The third kappa shape index (κ3) is 4.71. The Kier molecular flexibility index (Phi) is 5.21. The van der Waals surface area contributed by atoms with Gasteiger partial charge in [-0.15, -0.1) is 0 Å². The smallest absolute Gasteiger partial charge is 0.341 e. The van der Waals surface area contributed by atoms with Crippen molar-refractivity contribution in [3.8, 4) is 5.75 Å². The predicted molar refractivity (Wildman–Crippen MR) is 90.2 cm³/mol. The lowest BCUT2D eigenvalue weighted by molar-refractivity contribution is -0.139. The van der Waals surface area contributed by atoms with Gasteiger partial charge in [0, 0.05) is 30.8 Å². The van der Waals surface area contributed by atoms with Crippen molar-refractivity contribution in [1.82, 2.24) is 4.90 Å². The maximum Gasteiger partial charge on any atom is 0.341 e. The van der Waals surface area contributed by atoms with Crippen molar-refractivity contribution in [2.45, 2.75) is 25.7 Å². The summed E-state index contributed by atoms with van der Waals surface area (Å²) in [7, 11) is 0. The van der Waals surface area contributed by atoms with Gasteiger partial charge in [0.05, 0.1) is 5.92 Å². The molecule has 1 aliphatic carbocycles. The molecule has 1 aliphatic heterocycles. The summed E-state index contributed by atoms with van der Waals surface area (Å²) in [5.41, 5.74) is 0.554. The van der Waals surface area contributed by atoms with Gasteiger partial charge in [-0.05, 0) is 37.8 Å². The standard InChI is InChI=1S/C18H22N2O5/c21-16(22)11-25-15-5-1-4-14(9-15)19-17(23)13-3-2-8-20(10-13)18(24)12-6-7-12/h1,4-5,9,12-13H,2-3,6-8,10-11H2,(H,19,23)(H,21,22). The molecule has 25 heavy (non-hydrogen) atoms. The number of rotatable bonds is 6. The maximum absolute atomic E-state index is 12.5. The molecule has 0 radical (unpaired) electrons. The molecule has 3 rings (SSSR count). The third-order valence-corrected chi connectivity index (χ3v) is 4.49. The minimum absolute atomic E-state index is 0.122. The van der Waals surface area contributed by atoms with Crippen LogP contribution in [0.4, 0.5) is 5.69 Å². The first kappa shape index (κ1) is 17.3. The van der Waals surface area contributed by atoms with E-state index in [-0.39, 0.29) is 23.7 Å². The van der Waals surface area contributed by atoms with E-state index in [2.05, 4.69) is 5.32 Å². The Balaban J connectivity index is 1.56. The summed E-state index contributed by atoms with van der Waals surface area (Å²) in [5, 5.41) is 11.5. The van der Waals surface area contributed by atoms with Crippen molar-refractivity contribution >= 4 is 23.5 Å². The normalized spacial score (nSPS) is 20.0. The molecule has 0 bridgehead atoms. The second kappa shape index (κ2) is 7.55. The summed E-state index contributed by atoms with van der Waals surface area (Å²) >= 11 is 0. The van der Waals surface area contributed by atoms with E-state index in [1.54, 1.807) is 24.3 Å². The minimum atomic E-state index is -1.06. The van der Waals surface area contributed by atoms with Gasteiger partial charge in [-0.1, -0.05) is 6.07 Å². The first-order valence-corrected chi connectivity index (χ1v) is 8.57. The molecule has 1 heterocycles. The van der Waals surface area contributed by atoms with Crippen LogP contribution in [0.3, 0.4) is 0 Å². The fourth-order valence-corrected chi connectivity index (χ4v) is 3.03. The van der Waals surface area contributed by atoms with E-state index in [1.165, 1.54) is 0 Å². The number of carboxylic acids is 1. The van der Waals surface area contributed by atoms with Crippen molar-refractivity contribution in [1.29, 1.82) is 0 Å². The zero-order valence-electron chi connectivity index (χ0n) is 13.9. The molecule has 2 aliphatic rings. The number of carbonyl (C=O) groups excluding carboxylic acids is 2. The number of ether oxygens (including phenoxy) is 1. The van der Waals surface area contributed by atoms with Crippen LogP contribution < -0.4 is 10.1 Å². The fourth-order valence-electron chi connectivity index (χ4n) is 3.03. The van der Waals surface area contributed by atoms with Crippen molar-refractivity contribution in [2.75, 3.05) is 25.0 Å². The van der Waals surface area contributed by atoms with E-state index in [0.29, 0.717) is 18.0 Å². The lowest BCUT2D eigenvalue weighted by Gasteiger charge is -2.32. The van der Waals surface area contributed by atoms with Crippen LogP contribution in [0.25, 0.3) is 0 Å². The van der Waals surface area contributed by atoms with Crippen molar-refractivity contribution in [3.63, 3.8) is 0 Å². The van der Waals surface area contributed by atoms with Gasteiger partial charge < -0.3 is 20.1 Å². The molecular formula is C18H22N2O5. The Labute approximate surface area is 146 Å². The maximum atomic E-state index is 12.5. The molecule has 1 aromatic rings. The third-order valence-electron chi connectivity index (χ3n) is 4.49. The van der Waals surface area contributed by atoms with Crippen LogP contribution in [0.1, 0.15) is 25.7 Å². The second-order valence-corrected chi connectivity index (χ2v) is 6.60. The Hall–Kier alpha value is -2.57. The highest BCUT2D eigenvalue weighted by Gasteiger charge is 2.36. The van der Waals surface area contributed by atoms with Crippen LogP contribution in [-0.2, 0) is 14.4 Å². The zero-order valence-corrected chi connectivity index (χ0v) is 13.9. The highest BCUT2D eigenvalue weighted by Crippen LogP contribution is 2.32. The molecule has 1 atom stereocenters. The van der Waals surface area contributed by atoms with Crippen LogP contribution in [-0.4, -0.2) is 47.5 Å². The summed E-state index contributed by atoms with van der Waals surface area (Å²) in [6.07, 6.45) is 3.53. The average molecular weight is 346 g/mol. The molecule has 0 spiro atoms. The van der Waals surface area contributed by atoms with E-state index in [9.17, 15) is 14.4 Å². The number of amides is 2. The molecular weight excluding hydrogens is 324 g/mol. The predicted octanol–water partition coefficient (Wildman–Crippen LogP) is 1.74. The van der Waals surface area contributed by atoms with E-state index < -0.39 is 12.6 Å². The number of carboxylic acid groups (broad SMARTS) is 1. The minimum Gasteiger partial charge on any atom is -0.482 e. The van der Waals surface area contributed by atoms with Gasteiger partial charge in [-0.25, -0.2) is 4.79 Å². The number of piperidine rings is 1. The molecule has 0 aromatic heterocycles. The highest BCUT2D eigenvalue weighted by atomic mass is 16.5. The number of likely N-dealkylation sites (tertiary alicyclic amines) is 1. The number of carbonyl (C=O) groups is 3. The van der Waals surface area contributed by atoms with Gasteiger partial charge in [0.2, 0.25) is 11.8 Å². The molecule has 1 saturated heterocycles. The number of anilines is 1. The average Bonchev–Trinajstić information content (AvgIpc) is 3.45. The number of nitrogens with zero attached hydrogens (tertiary/aromatic N) is 1. The SMILES string of the molecule is O=C(O)COc1cccc(NC(=O)C2CCCN(C(=O)C3CC3)C2)c1. The van der Waals surface area contributed by atoms with Crippen LogP contribution in [0, 0.1) is 11.8 Å². The molecule has 7 nitrogen and oxygen atoms in total. The van der Waals surface area contributed by atoms with Crippen molar-refractivity contribution in [3.05, 3.63) is 24.3 Å². The van der Waals surface area contributed by atoms with Crippen LogP contribution >= 0.6 is 0 Å². The van der Waals surface area contributed by atoms with Gasteiger partial charge in [0.15, 0.2) is 6.61 Å². The number of benzene rings is 1. The van der Waals surface area contributed by atoms with Gasteiger partial charge >= 0.3 is 5.97 Å². The molecule has 1 saturated carbocycles. The lowest BCUT2D eigenvalue weighted by atomic mass is 9.96. The topological polar surface area (TPSA) is 95.9 Å². The summed E-state index contributed by atoms with van der Waals surface area (Å²) in [6.45, 7) is 0.770. The van der Waals surface area contributed by atoms with E-state index in [4.69, 9.17) is 9.84 Å². The number of hydrogen-bond donors (Lipinski definition) is 2. The second-order valence-electron chi connectivity index (χ2n) is 6.60. The number of nitrogens with one attached hydrogen (secondary N) is 1.